The summed E-state index contributed by atoms with van der Waals surface area (Å²) in [7, 11) is 1.38. The Morgan fingerprint density at radius 2 is 2.04 bits per heavy atom. The molecule has 0 bridgehead atoms. The van der Waals surface area contributed by atoms with Crippen LogP contribution in [0.2, 0.25) is 0 Å². The number of carbonyl (C=O) groups is 1. The third-order valence-corrected chi connectivity index (χ3v) is 5.02. The molecule has 0 spiro atoms. The molecule has 1 N–H and O–H groups in total. The zero-order valence-electron chi connectivity index (χ0n) is 13.3. The summed E-state index contributed by atoms with van der Waals surface area (Å²) in [5.74, 6) is -0.111. The van der Waals surface area contributed by atoms with Crippen LogP contribution in [0.25, 0.3) is 0 Å². The predicted octanol–water partition coefficient (Wildman–Crippen LogP) is 4.44. The van der Waals surface area contributed by atoms with Gasteiger partial charge in [0.15, 0.2) is 0 Å². The third kappa shape index (κ3) is 2.30. The number of benzene rings is 2. The van der Waals surface area contributed by atoms with Gasteiger partial charge in [-0.05, 0) is 42.2 Å². The van der Waals surface area contributed by atoms with E-state index in [2.05, 4.69) is 17.5 Å². The highest BCUT2D eigenvalue weighted by Crippen LogP contribution is 2.50. The minimum absolute atomic E-state index is 0.0809. The van der Waals surface area contributed by atoms with E-state index in [-0.39, 0.29) is 29.7 Å². The number of ether oxygens (including phenoxy) is 1. The van der Waals surface area contributed by atoms with Crippen molar-refractivity contribution in [2.24, 2.45) is 5.92 Å². The van der Waals surface area contributed by atoms with E-state index in [1.54, 1.807) is 12.1 Å². The van der Waals surface area contributed by atoms with E-state index < -0.39 is 0 Å². The normalized spacial score (nSPS) is 24.0. The number of hydrogen-bond donors (Lipinski definition) is 1. The van der Waals surface area contributed by atoms with Crippen molar-refractivity contribution in [3.8, 4) is 0 Å². The van der Waals surface area contributed by atoms with Gasteiger partial charge < -0.3 is 10.1 Å². The number of hydrogen-bond acceptors (Lipinski definition) is 3. The highest BCUT2D eigenvalue weighted by atomic mass is 19.1. The largest absolute Gasteiger partial charge is 0.465 e. The minimum Gasteiger partial charge on any atom is -0.465 e. The first-order chi connectivity index (χ1) is 11.7. The Labute approximate surface area is 140 Å². The zero-order valence-corrected chi connectivity index (χ0v) is 13.3. The Bertz CT molecular complexity index is 830. The molecule has 0 amide bonds. The van der Waals surface area contributed by atoms with Gasteiger partial charge in [0.25, 0.3) is 0 Å². The molecule has 2 aliphatic rings. The van der Waals surface area contributed by atoms with E-state index in [4.69, 9.17) is 4.74 Å². The van der Waals surface area contributed by atoms with Crippen molar-refractivity contribution < 1.29 is 13.9 Å². The summed E-state index contributed by atoms with van der Waals surface area (Å²) < 4.78 is 19.1. The molecule has 0 unspecified atom stereocenters. The summed E-state index contributed by atoms with van der Waals surface area (Å²) in [5, 5.41) is 3.48. The van der Waals surface area contributed by atoms with Gasteiger partial charge in [0.1, 0.15) is 5.82 Å². The van der Waals surface area contributed by atoms with Gasteiger partial charge in [-0.25, -0.2) is 9.18 Å². The minimum atomic E-state index is -0.340. The van der Waals surface area contributed by atoms with Crippen LogP contribution in [0.5, 0.6) is 0 Å². The van der Waals surface area contributed by atoms with Crippen molar-refractivity contribution in [1.29, 1.82) is 0 Å². The molecule has 1 heterocycles. The molecule has 2 aromatic rings. The first-order valence-corrected chi connectivity index (χ1v) is 8.09. The molecule has 3 nitrogen and oxygen atoms in total. The quantitative estimate of drug-likeness (QED) is 0.656. The van der Waals surface area contributed by atoms with Crippen molar-refractivity contribution >= 4 is 11.7 Å². The van der Waals surface area contributed by atoms with Gasteiger partial charge in [0, 0.05) is 17.2 Å². The van der Waals surface area contributed by atoms with Crippen molar-refractivity contribution in [3.05, 3.63) is 77.1 Å². The van der Waals surface area contributed by atoms with Crippen molar-refractivity contribution in [2.45, 2.75) is 18.4 Å². The molecule has 4 heteroatoms. The van der Waals surface area contributed by atoms with Gasteiger partial charge >= 0.3 is 5.97 Å². The van der Waals surface area contributed by atoms with Crippen LogP contribution in [-0.2, 0) is 4.74 Å². The summed E-state index contributed by atoms with van der Waals surface area (Å²) in [4.78, 5) is 11.8. The van der Waals surface area contributed by atoms with E-state index in [1.807, 2.05) is 24.3 Å². The maximum Gasteiger partial charge on any atom is 0.337 e. The van der Waals surface area contributed by atoms with Crippen molar-refractivity contribution in [2.75, 3.05) is 12.4 Å². The molecule has 1 aliphatic carbocycles. The van der Waals surface area contributed by atoms with Crippen LogP contribution in [-0.4, -0.2) is 13.1 Å². The van der Waals surface area contributed by atoms with Gasteiger partial charge in [-0.3, -0.25) is 0 Å². The van der Waals surface area contributed by atoms with Crippen molar-refractivity contribution in [1.82, 2.24) is 0 Å². The fourth-order valence-electron chi connectivity index (χ4n) is 3.87. The molecule has 122 valence electrons. The molecule has 3 atom stereocenters. The van der Waals surface area contributed by atoms with Gasteiger partial charge in [-0.15, -0.1) is 0 Å². The second-order valence-electron chi connectivity index (χ2n) is 6.29. The lowest BCUT2D eigenvalue weighted by atomic mass is 9.76. The fraction of sp³-hybridized carbons (Fsp3) is 0.250. The molecule has 0 saturated heterocycles. The molecule has 4 rings (SSSR count). The maximum atomic E-state index is 14.3. The van der Waals surface area contributed by atoms with Gasteiger partial charge in [0.2, 0.25) is 0 Å². The summed E-state index contributed by atoms with van der Waals surface area (Å²) in [6.45, 7) is 0. The molecule has 0 saturated carbocycles. The van der Waals surface area contributed by atoms with E-state index in [9.17, 15) is 9.18 Å². The number of halogens is 1. The second kappa shape index (κ2) is 5.78. The van der Waals surface area contributed by atoms with E-state index in [0.717, 1.165) is 17.7 Å². The molecule has 1 aliphatic heterocycles. The van der Waals surface area contributed by atoms with Crippen LogP contribution < -0.4 is 5.32 Å². The molecule has 0 radical (unpaired) electrons. The molecular formula is C20H18FNO2. The molecular weight excluding hydrogens is 305 g/mol. The lowest BCUT2D eigenvalue weighted by molar-refractivity contribution is 0.0600. The number of nitrogens with one attached hydrogen (secondary N) is 1. The standard InChI is InChI=1S/C20H18FNO2/c1-24-20(23)12-9-10-18-16(11-12)13-6-4-7-14(13)19(22-18)15-5-2-3-8-17(15)21/h2-6,8-11,13-14,19,22H,7H2,1H3/t13-,14+,19-/m1/s1. The topological polar surface area (TPSA) is 38.3 Å². The average Bonchev–Trinajstić information content (AvgIpc) is 3.10. The summed E-state index contributed by atoms with van der Waals surface area (Å²) >= 11 is 0. The Kier molecular flexibility index (Phi) is 3.60. The lowest BCUT2D eigenvalue weighted by Gasteiger charge is -2.37. The monoisotopic (exact) mass is 323 g/mol. The first-order valence-electron chi connectivity index (χ1n) is 8.09. The van der Waals surface area contributed by atoms with Crippen LogP contribution in [0.1, 0.15) is 39.9 Å². The number of carbonyl (C=O) groups excluding carboxylic acids is 1. The first kappa shape index (κ1) is 14.9. The summed E-state index contributed by atoms with van der Waals surface area (Å²) in [5.41, 5.74) is 3.26. The molecule has 0 fully saturated rings. The average molecular weight is 323 g/mol. The molecule has 24 heavy (non-hydrogen) atoms. The van der Waals surface area contributed by atoms with Crippen LogP contribution in [0.4, 0.5) is 10.1 Å². The van der Waals surface area contributed by atoms with Crippen LogP contribution in [0.15, 0.2) is 54.6 Å². The third-order valence-electron chi connectivity index (χ3n) is 5.02. The van der Waals surface area contributed by atoms with Crippen LogP contribution in [0, 0.1) is 11.7 Å². The Morgan fingerprint density at radius 1 is 1.21 bits per heavy atom. The molecule has 0 aromatic heterocycles. The maximum absolute atomic E-state index is 14.3. The SMILES string of the molecule is COC(=O)c1ccc2c(c1)[C@@H]1C=CC[C@@H]1[C@H](c1ccccc1F)N2. The smallest absolute Gasteiger partial charge is 0.337 e. The number of allylic oxidation sites excluding steroid dienone is 2. The van der Waals surface area contributed by atoms with Crippen LogP contribution in [0.3, 0.4) is 0 Å². The van der Waals surface area contributed by atoms with E-state index >= 15 is 0 Å². The van der Waals surface area contributed by atoms with Crippen molar-refractivity contribution in [3.63, 3.8) is 0 Å². The lowest BCUT2D eigenvalue weighted by Crippen LogP contribution is -2.30. The number of fused-ring (bicyclic) bond motifs is 3. The van der Waals surface area contributed by atoms with Crippen LogP contribution >= 0.6 is 0 Å². The summed E-state index contributed by atoms with van der Waals surface area (Å²) in [6, 6.07) is 12.4. The molecule has 2 aromatic carbocycles. The predicted molar refractivity (Wildman–Crippen MR) is 90.5 cm³/mol. The summed E-state index contributed by atoms with van der Waals surface area (Å²) in [6.07, 6.45) is 5.20. The number of anilines is 1. The Balaban J connectivity index is 1.78. The zero-order chi connectivity index (χ0) is 16.7. The van der Waals surface area contributed by atoms with Gasteiger partial charge in [0.05, 0.1) is 18.7 Å². The highest BCUT2D eigenvalue weighted by molar-refractivity contribution is 5.90. The van der Waals surface area contributed by atoms with Gasteiger partial charge in [-0.1, -0.05) is 30.4 Å². The fourth-order valence-corrected chi connectivity index (χ4v) is 3.87. The van der Waals surface area contributed by atoms with E-state index in [1.165, 1.54) is 13.2 Å². The Hall–Kier alpha value is -2.62. The number of rotatable bonds is 2. The number of esters is 1. The highest BCUT2D eigenvalue weighted by Gasteiger charge is 2.39. The number of methoxy groups -OCH3 is 1. The van der Waals surface area contributed by atoms with Gasteiger partial charge in [-0.2, -0.15) is 0 Å². The Morgan fingerprint density at radius 3 is 2.83 bits per heavy atom. The van der Waals surface area contributed by atoms with E-state index in [0.29, 0.717) is 11.1 Å². The second-order valence-corrected chi connectivity index (χ2v) is 6.29.